The molecule has 2 aliphatic heterocycles. The molecule has 2 atom stereocenters. The standard InChI is InChI=1S/C14H20N2O3.ClH/c1-18-8-12-4-5-13(19-12)14(17)16-11-6-9-2-3-10(7-11)15-9;/h4-5,9-11,15H,2-3,6-8H2,1H3,(H,16,17);1H. The molecule has 2 unspecified atom stereocenters. The van der Waals surface area contributed by atoms with E-state index in [-0.39, 0.29) is 24.4 Å². The largest absolute Gasteiger partial charge is 0.453 e. The SMILES string of the molecule is COCc1ccc(C(=O)NC2CC3CCC(C2)N3)o1.Cl. The van der Waals surface area contributed by atoms with Crippen LogP contribution in [0.1, 0.15) is 42.0 Å². The van der Waals surface area contributed by atoms with Crippen molar-refractivity contribution >= 4 is 18.3 Å². The monoisotopic (exact) mass is 300 g/mol. The lowest BCUT2D eigenvalue weighted by Gasteiger charge is -2.29. The van der Waals surface area contributed by atoms with Crippen molar-refractivity contribution in [3.63, 3.8) is 0 Å². The maximum Gasteiger partial charge on any atom is 0.287 e. The van der Waals surface area contributed by atoms with Gasteiger partial charge in [-0.25, -0.2) is 0 Å². The Morgan fingerprint density at radius 2 is 2.10 bits per heavy atom. The molecule has 112 valence electrons. The summed E-state index contributed by atoms with van der Waals surface area (Å²) in [6.45, 7) is 0.394. The number of fused-ring (bicyclic) bond motifs is 2. The molecule has 2 saturated heterocycles. The van der Waals surface area contributed by atoms with Crippen molar-refractivity contribution in [2.45, 2.75) is 50.4 Å². The van der Waals surface area contributed by atoms with Crippen molar-refractivity contribution < 1.29 is 13.9 Å². The maximum absolute atomic E-state index is 12.1. The normalized spacial score (nSPS) is 27.9. The molecule has 2 fully saturated rings. The van der Waals surface area contributed by atoms with Crippen LogP contribution in [0.2, 0.25) is 0 Å². The molecule has 0 radical (unpaired) electrons. The van der Waals surface area contributed by atoms with Crippen LogP contribution in [0.25, 0.3) is 0 Å². The lowest BCUT2D eigenvalue weighted by molar-refractivity contribution is 0.0887. The number of hydrogen-bond donors (Lipinski definition) is 2. The zero-order valence-electron chi connectivity index (χ0n) is 11.6. The molecular formula is C14H21ClN2O3. The summed E-state index contributed by atoms with van der Waals surface area (Å²) in [6.07, 6.45) is 4.51. The molecule has 2 bridgehead atoms. The molecule has 1 amide bonds. The predicted molar refractivity (Wildman–Crippen MR) is 77.1 cm³/mol. The number of methoxy groups -OCH3 is 1. The van der Waals surface area contributed by atoms with Gasteiger partial charge in [-0.1, -0.05) is 0 Å². The lowest BCUT2D eigenvalue weighted by atomic mass is 10.00. The van der Waals surface area contributed by atoms with Crippen molar-refractivity contribution in [1.82, 2.24) is 10.6 Å². The quantitative estimate of drug-likeness (QED) is 0.891. The summed E-state index contributed by atoms with van der Waals surface area (Å²) in [4.78, 5) is 12.1. The highest BCUT2D eigenvalue weighted by atomic mass is 35.5. The number of carbonyl (C=O) groups excluding carboxylic acids is 1. The van der Waals surface area contributed by atoms with E-state index in [9.17, 15) is 4.79 Å². The van der Waals surface area contributed by atoms with E-state index in [0.717, 1.165) is 12.8 Å². The van der Waals surface area contributed by atoms with E-state index in [1.807, 2.05) is 0 Å². The van der Waals surface area contributed by atoms with Crippen LogP contribution < -0.4 is 10.6 Å². The van der Waals surface area contributed by atoms with E-state index in [4.69, 9.17) is 9.15 Å². The molecule has 0 saturated carbocycles. The molecule has 0 aliphatic carbocycles. The second-order valence-electron chi connectivity index (χ2n) is 5.48. The molecule has 1 aromatic heterocycles. The van der Waals surface area contributed by atoms with E-state index >= 15 is 0 Å². The highest BCUT2D eigenvalue weighted by Crippen LogP contribution is 2.27. The Hall–Kier alpha value is -1.04. The Labute approximate surface area is 124 Å². The van der Waals surface area contributed by atoms with Crippen molar-refractivity contribution in [2.24, 2.45) is 0 Å². The van der Waals surface area contributed by atoms with Gasteiger partial charge in [-0.05, 0) is 37.8 Å². The van der Waals surface area contributed by atoms with E-state index in [2.05, 4.69) is 10.6 Å². The van der Waals surface area contributed by atoms with Crippen molar-refractivity contribution in [1.29, 1.82) is 0 Å². The predicted octanol–water partition coefficient (Wildman–Crippen LogP) is 1.86. The first kappa shape index (κ1) is 15.4. The number of nitrogens with one attached hydrogen (secondary N) is 2. The second-order valence-corrected chi connectivity index (χ2v) is 5.48. The summed E-state index contributed by atoms with van der Waals surface area (Å²) < 4.78 is 10.4. The molecule has 6 heteroatoms. The molecule has 3 rings (SSSR count). The van der Waals surface area contributed by atoms with Gasteiger partial charge >= 0.3 is 0 Å². The minimum Gasteiger partial charge on any atom is -0.453 e. The van der Waals surface area contributed by atoms with Gasteiger partial charge in [0.1, 0.15) is 12.4 Å². The van der Waals surface area contributed by atoms with Crippen LogP contribution in [0.5, 0.6) is 0 Å². The summed E-state index contributed by atoms with van der Waals surface area (Å²) in [5.41, 5.74) is 0. The number of hydrogen-bond acceptors (Lipinski definition) is 4. The fourth-order valence-electron chi connectivity index (χ4n) is 3.15. The first-order chi connectivity index (χ1) is 9.24. The molecule has 0 spiro atoms. The Bertz CT molecular complexity index is 451. The van der Waals surface area contributed by atoms with Crippen LogP contribution in [0, 0.1) is 0 Å². The molecule has 1 aromatic rings. The Kier molecular flexibility index (Phi) is 5.07. The molecular weight excluding hydrogens is 280 g/mol. The van der Waals surface area contributed by atoms with Gasteiger partial charge in [0.2, 0.25) is 0 Å². The van der Waals surface area contributed by atoms with Crippen molar-refractivity contribution in [3.8, 4) is 0 Å². The topological polar surface area (TPSA) is 63.5 Å². The number of furan rings is 1. The summed E-state index contributed by atoms with van der Waals surface area (Å²) in [5.74, 6) is 0.935. The highest BCUT2D eigenvalue weighted by molar-refractivity contribution is 5.91. The maximum atomic E-state index is 12.1. The van der Waals surface area contributed by atoms with Crippen LogP contribution in [-0.4, -0.2) is 31.1 Å². The van der Waals surface area contributed by atoms with Crippen LogP contribution in [0.4, 0.5) is 0 Å². The Balaban J connectivity index is 0.00000147. The molecule has 2 N–H and O–H groups in total. The number of rotatable bonds is 4. The number of ether oxygens (including phenoxy) is 1. The number of piperidine rings is 1. The minimum atomic E-state index is -0.117. The molecule has 3 heterocycles. The van der Waals surface area contributed by atoms with Crippen LogP contribution >= 0.6 is 12.4 Å². The molecule has 0 aromatic carbocycles. The average Bonchev–Trinajstić information content (AvgIpc) is 2.97. The molecule has 2 aliphatic rings. The van der Waals surface area contributed by atoms with Gasteiger partial charge in [0, 0.05) is 25.2 Å². The number of amides is 1. The average molecular weight is 301 g/mol. The third-order valence-corrected chi connectivity index (χ3v) is 3.98. The third-order valence-electron chi connectivity index (χ3n) is 3.98. The van der Waals surface area contributed by atoms with Gasteiger partial charge in [-0.3, -0.25) is 4.79 Å². The van der Waals surface area contributed by atoms with Crippen LogP contribution in [0.15, 0.2) is 16.5 Å². The fourth-order valence-corrected chi connectivity index (χ4v) is 3.15. The Morgan fingerprint density at radius 1 is 1.40 bits per heavy atom. The van der Waals surface area contributed by atoms with Gasteiger partial charge < -0.3 is 19.8 Å². The van der Waals surface area contributed by atoms with Gasteiger partial charge in [0.25, 0.3) is 5.91 Å². The molecule has 20 heavy (non-hydrogen) atoms. The Morgan fingerprint density at radius 3 is 2.75 bits per heavy atom. The fraction of sp³-hybridized carbons (Fsp3) is 0.643. The zero-order chi connectivity index (χ0) is 13.2. The van der Waals surface area contributed by atoms with Crippen molar-refractivity contribution in [2.75, 3.05) is 7.11 Å². The van der Waals surface area contributed by atoms with Gasteiger partial charge in [-0.2, -0.15) is 0 Å². The summed E-state index contributed by atoms with van der Waals surface area (Å²) in [5, 5.41) is 6.64. The van der Waals surface area contributed by atoms with E-state index in [1.165, 1.54) is 12.8 Å². The van der Waals surface area contributed by atoms with Gasteiger partial charge in [-0.15, -0.1) is 12.4 Å². The zero-order valence-corrected chi connectivity index (χ0v) is 12.4. The van der Waals surface area contributed by atoms with Gasteiger partial charge in [0.05, 0.1) is 0 Å². The summed E-state index contributed by atoms with van der Waals surface area (Å²) in [6, 6.07) is 4.90. The first-order valence-corrected chi connectivity index (χ1v) is 6.89. The second kappa shape index (κ2) is 6.61. The first-order valence-electron chi connectivity index (χ1n) is 6.89. The minimum absolute atomic E-state index is 0. The molecule has 5 nitrogen and oxygen atoms in total. The third kappa shape index (κ3) is 3.34. The summed E-state index contributed by atoms with van der Waals surface area (Å²) in [7, 11) is 1.60. The highest BCUT2D eigenvalue weighted by Gasteiger charge is 2.34. The van der Waals surface area contributed by atoms with Crippen LogP contribution in [0.3, 0.4) is 0 Å². The smallest absolute Gasteiger partial charge is 0.287 e. The van der Waals surface area contributed by atoms with Crippen LogP contribution in [-0.2, 0) is 11.3 Å². The van der Waals surface area contributed by atoms with E-state index < -0.39 is 0 Å². The van der Waals surface area contributed by atoms with Crippen molar-refractivity contribution in [3.05, 3.63) is 23.7 Å². The number of halogens is 1. The van der Waals surface area contributed by atoms with E-state index in [1.54, 1.807) is 19.2 Å². The van der Waals surface area contributed by atoms with Gasteiger partial charge in [0.15, 0.2) is 5.76 Å². The lowest BCUT2D eigenvalue weighted by Crippen LogP contribution is -2.47. The van der Waals surface area contributed by atoms with E-state index in [0.29, 0.717) is 30.2 Å². The number of carbonyl (C=O) groups is 1. The summed E-state index contributed by atoms with van der Waals surface area (Å²) >= 11 is 0.